The van der Waals surface area contributed by atoms with Gasteiger partial charge in [-0.2, -0.15) is 5.06 Å². The Labute approximate surface area is 134 Å². The lowest BCUT2D eigenvalue weighted by Gasteiger charge is -2.21. The summed E-state index contributed by atoms with van der Waals surface area (Å²) in [6, 6.07) is 3.93. The molecule has 0 bridgehead atoms. The molecule has 0 N–H and O–H groups in total. The molecule has 0 saturated carbocycles. The maximum absolute atomic E-state index is 13.5. The molecule has 1 aromatic heterocycles. The monoisotopic (exact) mass is 342 g/mol. The number of hydrogen-bond acceptors (Lipinski definition) is 6. The summed E-state index contributed by atoms with van der Waals surface area (Å²) in [4.78, 5) is 5.57. The molecule has 1 unspecified atom stereocenters. The van der Waals surface area contributed by atoms with Crippen LogP contribution in [0.4, 0.5) is 4.39 Å². The minimum absolute atomic E-state index is 0.220. The molecule has 1 aromatic carbocycles. The Balaban J connectivity index is 2.01. The van der Waals surface area contributed by atoms with Gasteiger partial charge in [0.1, 0.15) is 22.1 Å². The lowest BCUT2D eigenvalue weighted by molar-refractivity contribution is -0.168. The topological polar surface area (TPSA) is 72.6 Å². The minimum atomic E-state index is -3.63. The predicted octanol–water partition coefficient (Wildman–Crippen LogP) is 2.81. The van der Waals surface area contributed by atoms with Gasteiger partial charge in [-0.25, -0.2) is 12.8 Å². The molecule has 1 saturated heterocycles. The van der Waals surface area contributed by atoms with Crippen LogP contribution in [0.3, 0.4) is 0 Å². The zero-order chi connectivity index (χ0) is 17.0. The van der Waals surface area contributed by atoms with E-state index >= 15 is 0 Å². The van der Waals surface area contributed by atoms with Crippen molar-refractivity contribution in [2.75, 3.05) is 7.05 Å². The molecule has 3 rings (SSSR count). The van der Waals surface area contributed by atoms with E-state index in [0.717, 1.165) is 0 Å². The van der Waals surface area contributed by atoms with Crippen molar-refractivity contribution in [1.29, 1.82) is 0 Å². The Morgan fingerprint density at radius 1 is 1.43 bits per heavy atom. The summed E-state index contributed by atoms with van der Waals surface area (Å²) in [5.74, 6) is -0.464. The summed E-state index contributed by atoms with van der Waals surface area (Å²) in [5, 5.41) is 3.88. The van der Waals surface area contributed by atoms with Crippen LogP contribution >= 0.6 is 0 Å². The second-order valence-corrected chi connectivity index (χ2v) is 8.92. The van der Waals surface area contributed by atoms with Gasteiger partial charge in [0.15, 0.2) is 15.4 Å². The van der Waals surface area contributed by atoms with Crippen LogP contribution in [-0.2, 0) is 14.7 Å². The lowest BCUT2D eigenvalue weighted by atomic mass is 10.1. The zero-order valence-corrected chi connectivity index (χ0v) is 14.2. The minimum Gasteiger partial charge on any atom is -0.356 e. The van der Waals surface area contributed by atoms with Crippen molar-refractivity contribution in [1.82, 2.24) is 10.2 Å². The average Bonchev–Trinajstić information content (AvgIpc) is 2.97. The Kier molecular flexibility index (Phi) is 3.74. The van der Waals surface area contributed by atoms with Gasteiger partial charge in [0.05, 0.1) is 5.60 Å². The summed E-state index contributed by atoms with van der Waals surface area (Å²) in [7, 11) is -2.03. The number of hydrogen-bond donors (Lipinski definition) is 0. The summed E-state index contributed by atoms with van der Waals surface area (Å²) in [5.41, 5.74) is 0.0296. The predicted molar refractivity (Wildman–Crippen MR) is 82.6 cm³/mol. The summed E-state index contributed by atoms with van der Waals surface area (Å²) >= 11 is 0. The van der Waals surface area contributed by atoms with Gasteiger partial charge in [0, 0.05) is 18.9 Å². The largest absolute Gasteiger partial charge is 0.356 e. The van der Waals surface area contributed by atoms with Crippen LogP contribution in [0.5, 0.6) is 0 Å². The Bertz CT molecular complexity index is 846. The number of fused-ring (bicyclic) bond motifs is 1. The Hall–Kier alpha value is -1.51. The van der Waals surface area contributed by atoms with Crippen molar-refractivity contribution in [3.8, 4) is 0 Å². The SMILES string of the molecule is C[C@@H](c1noc2ccc(F)cc12)S(=O)(=O)C1CC(C)(C)ON1C. The van der Waals surface area contributed by atoms with Crippen LogP contribution in [0.1, 0.15) is 38.1 Å². The molecular formula is C15H19FN2O4S. The first-order chi connectivity index (χ1) is 10.6. The number of rotatable bonds is 3. The molecule has 6 nitrogen and oxygen atoms in total. The maximum atomic E-state index is 13.5. The van der Waals surface area contributed by atoms with E-state index in [1.807, 2.05) is 13.8 Å². The third kappa shape index (κ3) is 2.75. The highest BCUT2D eigenvalue weighted by molar-refractivity contribution is 7.92. The van der Waals surface area contributed by atoms with Crippen molar-refractivity contribution in [2.24, 2.45) is 0 Å². The van der Waals surface area contributed by atoms with E-state index in [4.69, 9.17) is 9.36 Å². The number of hydroxylamine groups is 2. The van der Waals surface area contributed by atoms with E-state index in [0.29, 0.717) is 17.4 Å². The molecule has 0 aliphatic carbocycles. The van der Waals surface area contributed by atoms with E-state index in [2.05, 4.69) is 5.16 Å². The van der Waals surface area contributed by atoms with Gasteiger partial charge < -0.3 is 4.52 Å². The van der Waals surface area contributed by atoms with Crippen LogP contribution < -0.4 is 0 Å². The summed E-state index contributed by atoms with van der Waals surface area (Å²) in [6.45, 7) is 5.21. The van der Waals surface area contributed by atoms with E-state index in [1.54, 1.807) is 7.05 Å². The molecule has 1 fully saturated rings. The molecular weight excluding hydrogens is 323 g/mol. The molecule has 1 aliphatic heterocycles. The second kappa shape index (κ2) is 5.25. The molecule has 23 heavy (non-hydrogen) atoms. The fourth-order valence-electron chi connectivity index (χ4n) is 2.97. The molecule has 0 spiro atoms. The summed E-state index contributed by atoms with van der Waals surface area (Å²) in [6.07, 6.45) is 0.348. The van der Waals surface area contributed by atoms with Crippen molar-refractivity contribution in [2.45, 2.75) is 43.4 Å². The highest BCUT2D eigenvalue weighted by Crippen LogP contribution is 2.38. The molecule has 2 atom stereocenters. The molecule has 2 aromatic rings. The van der Waals surface area contributed by atoms with Gasteiger partial charge in [-0.3, -0.25) is 4.84 Å². The van der Waals surface area contributed by atoms with Crippen LogP contribution in [0.25, 0.3) is 11.0 Å². The zero-order valence-electron chi connectivity index (χ0n) is 13.4. The number of benzene rings is 1. The van der Waals surface area contributed by atoms with E-state index in [9.17, 15) is 12.8 Å². The van der Waals surface area contributed by atoms with Gasteiger partial charge in [-0.05, 0) is 39.0 Å². The quantitative estimate of drug-likeness (QED) is 0.854. The smallest absolute Gasteiger partial charge is 0.177 e. The van der Waals surface area contributed by atoms with Gasteiger partial charge >= 0.3 is 0 Å². The first-order valence-corrected chi connectivity index (χ1v) is 8.92. The molecule has 2 heterocycles. The van der Waals surface area contributed by atoms with Crippen molar-refractivity contribution in [3.63, 3.8) is 0 Å². The van der Waals surface area contributed by atoms with Gasteiger partial charge in [0.2, 0.25) is 0 Å². The van der Waals surface area contributed by atoms with E-state index in [1.165, 1.54) is 30.2 Å². The number of nitrogens with zero attached hydrogens (tertiary/aromatic N) is 2. The Morgan fingerprint density at radius 2 is 2.13 bits per heavy atom. The van der Waals surface area contributed by atoms with Crippen molar-refractivity contribution < 1.29 is 22.2 Å². The van der Waals surface area contributed by atoms with Gasteiger partial charge in [-0.15, -0.1) is 0 Å². The van der Waals surface area contributed by atoms with Gasteiger partial charge in [-0.1, -0.05) is 5.16 Å². The number of aromatic nitrogens is 1. The second-order valence-electron chi connectivity index (χ2n) is 6.50. The fraction of sp³-hybridized carbons (Fsp3) is 0.533. The fourth-order valence-corrected chi connectivity index (χ4v) is 5.01. The maximum Gasteiger partial charge on any atom is 0.177 e. The van der Waals surface area contributed by atoms with Crippen LogP contribution in [0.2, 0.25) is 0 Å². The molecule has 126 valence electrons. The third-order valence-electron chi connectivity index (χ3n) is 4.18. The molecule has 0 amide bonds. The van der Waals surface area contributed by atoms with Crippen molar-refractivity contribution in [3.05, 3.63) is 29.7 Å². The van der Waals surface area contributed by atoms with Crippen LogP contribution in [0.15, 0.2) is 22.7 Å². The highest BCUT2D eigenvalue weighted by atomic mass is 32.2. The lowest BCUT2D eigenvalue weighted by Crippen LogP contribution is -2.34. The Morgan fingerprint density at radius 3 is 2.74 bits per heavy atom. The van der Waals surface area contributed by atoms with Crippen LogP contribution in [-0.4, -0.2) is 36.7 Å². The van der Waals surface area contributed by atoms with Crippen LogP contribution in [0, 0.1) is 5.82 Å². The first kappa shape index (κ1) is 16.4. The molecule has 0 radical (unpaired) electrons. The standard InChI is InChI=1S/C15H19FN2O4S/c1-9(14-11-7-10(16)5-6-12(11)21-17-14)23(19,20)13-8-15(2,3)22-18(13)4/h5-7,9,13H,8H2,1-4H3/t9-,13?/m0/s1. The normalized spacial score (nSPS) is 23.4. The third-order valence-corrected chi connectivity index (χ3v) is 6.61. The van der Waals surface area contributed by atoms with Gasteiger partial charge in [0.25, 0.3) is 0 Å². The molecule has 1 aliphatic rings. The van der Waals surface area contributed by atoms with E-state index < -0.39 is 31.9 Å². The first-order valence-electron chi connectivity index (χ1n) is 7.31. The average molecular weight is 342 g/mol. The summed E-state index contributed by atoms with van der Waals surface area (Å²) < 4.78 is 44.5. The number of halogens is 1. The highest BCUT2D eigenvalue weighted by Gasteiger charge is 2.47. The molecule has 8 heteroatoms. The van der Waals surface area contributed by atoms with Crippen molar-refractivity contribution >= 4 is 20.8 Å². The van der Waals surface area contributed by atoms with E-state index in [-0.39, 0.29) is 5.69 Å². The number of sulfone groups is 1.